The SMILES string of the molecule is [C-]#C[C@@H](C)OP.[Li+]. The zero-order chi connectivity index (χ0) is 4.99. The van der Waals surface area contributed by atoms with E-state index in [1.54, 1.807) is 6.92 Å². The Morgan fingerprint density at radius 3 is 2.29 bits per heavy atom. The monoisotopic (exact) mass is 108 g/mol. The van der Waals surface area contributed by atoms with Gasteiger partial charge in [-0.2, -0.15) is 0 Å². The maximum absolute atomic E-state index is 6.42. The minimum Gasteiger partial charge on any atom is -0.691 e. The molecule has 0 amide bonds. The molecular weight excluding hydrogens is 102 g/mol. The van der Waals surface area contributed by atoms with Crippen LogP contribution in [0.1, 0.15) is 6.92 Å². The van der Waals surface area contributed by atoms with Gasteiger partial charge in [0.2, 0.25) is 0 Å². The third-order valence-electron chi connectivity index (χ3n) is 0.407. The first-order valence-electron chi connectivity index (χ1n) is 1.59. The van der Waals surface area contributed by atoms with Crippen LogP contribution in [0.3, 0.4) is 0 Å². The first-order valence-corrected chi connectivity index (χ1v) is 2.06. The second kappa shape index (κ2) is 6.55. The zero-order valence-electron chi connectivity index (χ0n) is 4.56. The summed E-state index contributed by atoms with van der Waals surface area (Å²) in [5, 5.41) is 0. The van der Waals surface area contributed by atoms with Crippen molar-refractivity contribution in [2.45, 2.75) is 13.0 Å². The summed E-state index contributed by atoms with van der Waals surface area (Å²) in [5.74, 6) is 2.12. The van der Waals surface area contributed by atoms with Crippen LogP contribution in [0, 0.1) is 12.3 Å². The van der Waals surface area contributed by atoms with Crippen LogP contribution in [-0.4, -0.2) is 6.10 Å². The van der Waals surface area contributed by atoms with E-state index in [1.165, 1.54) is 0 Å². The fourth-order valence-corrected chi connectivity index (χ4v) is 0.102. The molecule has 0 aliphatic heterocycles. The third kappa shape index (κ3) is 6.55. The molecule has 3 heteroatoms. The van der Waals surface area contributed by atoms with Crippen molar-refractivity contribution in [3.8, 4) is 5.92 Å². The van der Waals surface area contributed by atoms with Gasteiger partial charge in [0.1, 0.15) is 0 Å². The molecule has 0 radical (unpaired) electrons. The fraction of sp³-hybridized carbons (Fsp3) is 0.500. The Balaban J connectivity index is 0. The van der Waals surface area contributed by atoms with Crippen molar-refractivity contribution in [2.24, 2.45) is 0 Å². The van der Waals surface area contributed by atoms with Crippen molar-refractivity contribution in [3.63, 3.8) is 0 Å². The normalized spacial score (nSPS) is 11.0. The van der Waals surface area contributed by atoms with Crippen molar-refractivity contribution < 1.29 is 23.4 Å². The Hall–Kier alpha value is 0.547. The summed E-state index contributed by atoms with van der Waals surface area (Å²) in [6, 6.07) is 0. The molecule has 2 atom stereocenters. The molecule has 0 aliphatic carbocycles. The van der Waals surface area contributed by atoms with Gasteiger partial charge < -0.3 is 16.9 Å². The molecule has 0 aromatic heterocycles. The van der Waals surface area contributed by atoms with Crippen molar-refractivity contribution in [1.29, 1.82) is 0 Å². The minimum atomic E-state index is -0.185. The Bertz CT molecular complexity index is 68.6. The molecule has 0 aromatic rings. The summed E-state index contributed by atoms with van der Waals surface area (Å²) in [6.45, 7) is 1.74. The van der Waals surface area contributed by atoms with Gasteiger partial charge in [0.05, 0.1) is 6.10 Å². The number of hydrogen-bond donors (Lipinski definition) is 0. The standard InChI is InChI=1S/C4H6OP.Li/c1-3-4(2)5-6;/h4H,6H2,2H3;/q-1;+1/t4-;/m1./s1. The van der Waals surface area contributed by atoms with Crippen molar-refractivity contribution in [1.82, 2.24) is 0 Å². The first-order chi connectivity index (χ1) is 2.81. The molecule has 0 bridgehead atoms. The molecule has 0 aliphatic rings. The van der Waals surface area contributed by atoms with E-state index in [1.807, 2.05) is 0 Å². The van der Waals surface area contributed by atoms with Crippen LogP contribution in [0.5, 0.6) is 0 Å². The van der Waals surface area contributed by atoms with E-state index in [2.05, 4.69) is 19.9 Å². The quantitative estimate of drug-likeness (QED) is 0.160. The average Bonchev–Trinajstić information content (AvgIpc) is 1.65. The van der Waals surface area contributed by atoms with E-state index in [0.29, 0.717) is 0 Å². The smallest absolute Gasteiger partial charge is 0.691 e. The summed E-state index contributed by atoms with van der Waals surface area (Å²) in [5.41, 5.74) is 0. The van der Waals surface area contributed by atoms with E-state index in [0.717, 1.165) is 0 Å². The summed E-state index contributed by atoms with van der Waals surface area (Å²) < 4.78 is 4.52. The molecule has 0 rings (SSSR count). The van der Waals surface area contributed by atoms with Crippen LogP contribution in [0.15, 0.2) is 0 Å². The molecule has 0 N–H and O–H groups in total. The average molecular weight is 108 g/mol. The van der Waals surface area contributed by atoms with Crippen LogP contribution in [0.25, 0.3) is 0 Å². The van der Waals surface area contributed by atoms with Crippen LogP contribution >= 0.6 is 9.47 Å². The molecule has 0 spiro atoms. The van der Waals surface area contributed by atoms with Gasteiger partial charge in [-0.1, -0.05) is 0 Å². The van der Waals surface area contributed by atoms with Crippen LogP contribution in [0.4, 0.5) is 0 Å². The molecule has 1 nitrogen and oxygen atoms in total. The minimum absolute atomic E-state index is 0. The first kappa shape index (κ1) is 10.5. The summed E-state index contributed by atoms with van der Waals surface area (Å²) >= 11 is 0. The molecular formula is C4H6LiOP. The van der Waals surface area contributed by atoms with Gasteiger partial charge in [-0.3, -0.25) is 0 Å². The van der Waals surface area contributed by atoms with E-state index in [-0.39, 0.29) is 25.0 Å². The summed E-state index contributed by atoms with van der Waals surface area (Å²) in [4.78, 5) is 0. The van der Waals surface area contributed by atoms with Gasteiger partial charge in [-0.25, -0.2) is 0 Å². The maximum atomic E-state index is 6.42. The van der Waals surface area contributed by atoms with Crippen molar-refractivity contribution in [2.75, 3.05) is 0 Å². The van der Waals surface area contributed by atoms with Gasteiger partial charge in [0.25, 0.3) is 0 Å². The van der Waals surface area contributed by atoms with Crippen molar-refractivity contribution >= 4 is 9.47 Å². The van der Waals surface area contributed by atoms with Crippen LogP contribution in [0.2, 0.25) is 0 Å². The molecule has 34 valence electrons. The Morgan fingerprint density at radius 1 is 1.86 bits per heavy atom. The largest absolute Gasteiger partial charge is 1.00 e. The Morgan fingerprint density at radius 2 is 2.29 bits per heavy atom. The topological polar surface area (TPSA) is 9.23 Å². The van der Waals surface area contributed by atoms with Gasteiger partial charge in [0.15, 0.2) is 0 Å². The van der Waals surface area contributed by atoms with E-state index >= 15 is 0 Å². The molecule has 0 aromatic carbocycles. The zero-order valence-corrected chi connectivity index (χ0v) is 5.72. The molecule has 1 unspecified atom stereocenters. The predicted octanol–water partition coefficient (Wildman–Crippen LogP) is -2.22. The maximum Gasteiger partial charge on any atom is 1.00 e. The molecule has 7 heavy (non-hydrogen) atoms. The molecule has 0 fully saturated rings. The van der Waals surface area contributed by atoms with E-state index < -0.39 is 0 Å². The molecule has 0 saturated heterocycles. The predicted molar refractivity (Wildman–Crippen MR) is 27.4 cm³/mol. The third-order valence-corrected chi connectivity index (χ3v) is 0.816. The van der Waals surface area contributed by atoms with Crippen LogP contribution < -0.4 is 18.9 Å². The van der Waals surface area contributed by atoms with Gasteiger partial charge in [0, 0.05) is 9.47 Å². The van der Waals surface area contributed by atoms with Crippen molar-refractivity contribution in [3.05, 3.63) is 6.42 Å². The summed E-state index contributed by atoms with van der Waals surface area (Å²) in [6.07, 6.45) is 6.24. The molecule has 0 heterocycles. The van der Waals surface area contributed by atoms with Gasteiger partial charge >= 0.3 is 18.9 Å². The summed E-state index contributed by atoms with van der Waals surface area (Å²) in [7, 11) is 2.06. The molecule has 0 saturated carbocycles. The number of hydrogen-bond acceptors (Lipinski definition) is 1. The van der Waals surface area contributed by atoms with E-state index in [9.17, 15) is 0 Å². The second-order valence-electron chi connectivity index (χ2n) is 0.923. The van der Waals surface area contributed by atoms with Gasteiger partial charge in [-0.15, -0.1) is 0 Å². The fourth-order valence-electron chi connectivity index (χ4n) is 0.0340. The number of rotatable bonds is 1. The Labute approximate surface area is 58.7 Å². The Kier molecular flexibility index (Phi) is 9.83. The van der Waals surface area contributed by atoms with Crippen LogP contribution in [-0.2, 0) is 4.52 Å². The van der Waals surface area contributed by atoms with E-state index in [4.69, 9.17) is 6.42 Å². The van der Waals surface area contributed by atoms with Gasteiger partial charge in [-0.05, 0) is 6.92 Å². The second-order valence-corrected chi connectivity index (χ2v) is 1.19.